The Morgan fingerprint density at radius 3 is 2.39 bits per heavy atom. The van der Waals surface area contributed by atoms with Crippen molar-refractivity contribution in [2.75, 3.05) is 0 Å². The van der Waals surface area contributed by atoms with Crippen molar-refractivity contribution in [2.24, 2.45) is 10.9 Å². The van der Waals surface area contributed by atoms with E-state index in [-0.39, 0.29) is 17.6 Å². The summed E-state index contributed by atoms with van der Waals surface area (Å²) in [7, 11) is 0. The van der Waals surface area contributed by atoms with Gasteiger partial charge in [0.05, 0.1) is 12.0 Å². The van der Waals surface area contributed by atoms with Crippen LogP contribution in [0.15, 0.2) is 23.2 Å². The van der Waals surface area contributed by atoms with Gasteiger partial charge in [0.2, 0.25) is 0 Å². The summed E-state index contributed by atoms with van der Waals surface area (Å²) < 4.78 is 39.3. The van der Waals surface area contributed by atoms with Gasteiger partial charge in [-0.2, -0.15) is 13.2 Å². The third kappa shape index (κ3) is 4.27. The highest BCUT2D eigenvalue weighted by molar-refractivity contribution is 5.84. The number of phenolic OH excluding ortho intramolecular Hbond substituents is 1. The van der Waals surface area contributed by atoms with Gasteiger partial charge >= 0.3 is 6.18 Å². The Bertz CT molecular complexity index is 573. The molecular formula is C18H24F3NO. The monoisotopic (exact) mass is 327 g/mol. The van der Waals surface area contributed by atoms with Crippen LogP contribution in [0, 0.1) is 5.92 Å². The standard InChI is InChI=1S/C18H24F3NO/c1-17(2,3)14-9-6-7-12(16(14)23)11-22-15-10-5-4-8-13(15)18(19,20)21/h6-7,9,11,13,15,23H,4-5,8,10H2,1-3H3. The number of halogens is 3. The molecule has 1 fully saturated rings. The van der Waals surface area contributed by atoms with Crippen molar-refractivity contribution in [1.82, 2.24) is 0 Å². The quantitative estimate of drug-likeness (QED) is 0.741. The molecule has 1 aromatic rings. The largest absolute Gasteiger partial charge is 0.507 e. The Kier molecular flexibility index (Phi) is 5.07. The number of benzene rings is 1. The molecule has 2 atom stereocenters. The first-order valence-corrected chi connectivity index (χ1v) is 8.03. The first-order valence-electron chi connectivity index (χ1n) is 8.03. The molecule has 0 aliphatic heterocycles. The second-order valence-corrected chi connectivity index (χ2v) is 7.27. The lowest BCUT2D eigenvalue weighted by atomic mass is 9.84. The van der Waals surface area contributed by atoms with Gasteiger partial charge in [-0.25, -0.2) is 0 Å². The van der Waals surface area contributed by atoms with Crippen LogP contribution in [0.1, 0.15) is 57.6 Å². The van der Waals surface area contributed by atoms with Gasteiger partial charge in [0, 0.05) is 11.8 Å². The van der Waals surface area contributed by atoms with Crippen LogP contribution < -0.4 is 0 Å². The molecule has 23 heavy (non-hydrogen) atoms. The van der Waals surface area contributed by atoms with Gasteiger partial charge in [0.1, 0.15) is 5.75 Å². The number of aromatic hydroxyl groups is 1. The van der Waals surface area contributed by atoms with Gasteiger partial charge in [-0.3, -0.25) is 4.99 Å². The molecule has 0 radical (unpaired) electrons. The smallest absolute Gasteiger partial charge is 0.393 e. The maximum absolute atomic E-state index is 13.1. The van der Waals surface area contributed by atoms with Gasteiger partial charge in [-0.1, -0.05) is 45.7 Å². The first kappa shape index (κ1) is 17.8. The molecule has 0 bridgehead atoms. The summed E-state index contributed by atoms with van der Waals surface area (Å²) in [6, 6.07) is 4.55. The minimum Gasteiger partial charge on any atom is -0.507 e. The molecule has 0 amide bonds. The van der Waals surface area contributed by atoms with E-state index in [2.05, 4.69) is 4.99 Å². The molecule has 1 N–H and O–H groups in total. The fourth-order valence-electron chi connectivity index (χ4n) is 3.12. The number of nitrogens with zero attached hydrogens (tertiary/aromatic N) is 1. The number of rotatable bonds is 2. The van der Waals surface area contributed by atoms with Crippen molar-refractivity contribution in [2.45, 2.75) is 64.1 Å². The third-order valence-electron chi connectivity index (χ3n) is 4.43. The zero-order valence-electron chi connectivity index (χ0n) is 13.8. The summed E-state index contributed by atoms with van der Waals surface area (Å²) >= 11 is 0. The molecule has 128 valence electrons. The molecule has 2 unspecified atom stereocenters. The van der Waals surface area contributed by atoms with E-state index in [1.54, 1.807) is 12.1 Å². The fraction of sp³-hybridized carbons (Fsp3) is 0.611. The van der Waals surface area contributed by atoms with Crippen molar-refractivity contribution < 1.29 is 18.3 Å². The van der Waals surface area contributed by atoms with E-state index in [1.165, 1.54) is 6.21 Å². The molecule has 5 heteroatoms. The Morgan fingerprint density at radius 2 is 1.78 bits per heavy atom. The van der Waals surface area contributed by atoms with Gasteiger partial charge in [-0.15, -0.1) is 0 Å². The van der Waals surface area contributed by atoms with Crippen LogP contribution in [0.4, 0.5) is 13.2 Å². The predicted octanol–water partition coefficient (Wildman–Crippen LogP) is 5.23. The lowest BCUT2D eigenvalue weighted by molar-refractivity contribution is -0.185. The average molecular weight is 327 g/mol. The third-order valence-corrected chi connectivity index (χ3v) is 4.43. The normalized spacial score (nSPS) is 23.4. The van der Waals surface area contributed by atoms with Crippen LogP contribution in [-0.4, -0.2) is 23.5 Å². The Labute approximate surface area is 135 Å². The molecule has 1 saturated carbocycles. The van der Waals surface area contributed by atoms with E-state index in [0.717, 1.165) is 12.0 Å². The predicted molar refractivity (Wildman–Crippen MR) is 86.2 cm³/mol. The molecular weight excluding hydrogens is 303 g/mol. The maximum atomic E-state index is 13.1. The summed E-state index contributed by atoms with van der Waals surface area (Å²) in [6.45, 7) is 5.93. The second-order valence-electron chi connectivity index (χ2n) is 7.27. The number of aliphatic imine (C=N–C) groups is 1. The van der Waals surface area contributed by atoms with E-state index >= 15 is 0 Å². The van der Waals surface area contributed by atoms with Crippen molar-refractivity contribution in [3.8, 4) is 5.75 Å². The SMILES string of the molecule is CC(C)(C)c1cccc(C=NC2CCCCC2C(F)(F)F)c1O. The van der Waals surface area contributed by atoms with E-state index < -0.39 is 18.1 Å². The van der Waals surface area contributed by atoms with E-state index in [9.17, 15) is 18.3 Å². The van der Waals surface area contributed by atoms with Crippen LogP contribution >= 0.6 is 0 Å². The lowest BCUT2D eigenvalue weighted by Gasteiger charge is -2.30. The number of alkyl halides is 3. The highest BCUT2D eigenvalue weighted by atomic mass is 19.4. The summed E-state index contributed by atoms with van der Waals surface area (Å²) in [5.41, 5.74) is 0.995. The maximum Gasteiger partial charge on any atom is 0.393 e. The van der Waals surface area contributed by atoms with Crippen molar-refractivity contribution in [1.29, 1.82) is 0 Å². The van der Waals surface area contributed by atoms with Gasteiger partial charge in [0.15, 0.2) is 0 Å². The molecule has 0 spiro atoms. The molecule has 0 saturated heterocycles. The Hall–Kier alpha value is -1.52. The minimum absolute atomic E-state index is 0.100. The highest BCUT2D eigenvalue weighted by Crippen LogP contribution is 2.39. The topological polar surface area (TPSA) is 32.6 Å². The molecule has 0 heterocycles. The van der Waals surface area contributed by atoms with Crippen LogP contribution in [-0.2, 0) is 5.41 Å². The summed E-state index contributed by atoms with van der Waals surface area (Å²) in [5, 5.41) is 10.4. The molecule has 1 aromatic carbocycles. The molecule has 2 rings (SSSR count). The Morgan fingerprint density at radius 1 is 1.13 bits per heavy atom. The van der Waals surface area contributed by atoms with Crippen LogP contribution in [0.5, 0.6) is 5.75 Å². The van der Waals surface area contributed by atoms with E-state index in [4.69, 9.17) is 0 Å². The van der Waals surface area contributed by atoms with Crippen LogP contribution in [0.2, 0.25) is 0 Å². The average Bonchev–Trinajstić information content (AvgIpc) is 2.44. The summed E-state index contributed by atoms with van der Waals surface area (Å²) in [6.07, 6.45) is -0.861. The van der Waals surface area contributed by atoms with Gasteiger partial charge in [0.25, 0.3) is 0 Å². The van der Waals surface area contributed by atoms with Crippen molar-refractivity contribution in [3.05, 3.63) is 29.3 Å². The number of phenols is 1. The molecule has 2 nitrogen and oxygen atoms in total. The zero-order chi connectivity index (χ0) is 17.3. The molecule has 1 aliphatic carbocycles. The van der Waals surface area contributed by atoms with Gasteiger partial charge in [-0.05, 0) is 29.9 Å². The fourth-order valence-corrected chi connectivity index (χ4v) is 3.12. The highest BCUT2D eigenvalue weighted by Gasteiger charge is 2.45. The van der Waals surface area contributed by atoms with Crippen LogP contribution in [0.3, 0.4) is 0 Å². The van der Waals surface area contributed by atoms with E-state index in [0.29, 0.717) is 18.4 Å². The lowest BCUT2D eigenvalue weighted by Crippen LogP contribution is -2.35. The molecule has 0 aromatic heterocycles. The van der Waals surface area contributed by atoms with Crippen LogP contribution in [0.25, 0.3) is 0 Å². The summed E-state index contributed by atoms with van der Waals surface area (Å²) in [4.78, 5) is 4.18. The van der Waals surface area contributed by atoms with Crippen molar-refractivity contribution >= 4 is 6.21 Å². The number of hydrogen-bond donors (Lipinski definition) is 1. The number of para-hydroxylation sites is 1. The summed E-state index contributed by atoms with van der Waals surface area (Å²) in [5.74, 6) is -1.27. The number of hydrogen-bond acceptors (Lipinski definition) is 2. The first-order chi connectivity index (χ1) is 10.6. The zero-order valence-corrected chi connectivity index (χ0v) is 13.8. The van der Waals surface area contributed by atoms with E-state index in [1.807, 2.05) is 26.8 Å². The van der Waals surface area contributed by atoms with Crippen molar-refractivity contribution in [3.63, 3.8) is 0 Å². The minimum atomic E-state index is -4.21. The molecule has 1 aliphatic rings. The second kappa shape index (κ2) is 6.54. The van der Waals surface area contributed by atoms with Gasteiger partial charge < -0.3 is 5.11 Å². The Balaban J connectivity index is 2.26.